The van der Waals surface area contributed by atoms with Crippen molar-refractivity contribution in [2.24, 2.45) is 0 Å². The fraction of sp³-hybridized carbons (Fsp3) is 0.791. The maximum Gasteiger partial charge on any atom is 0.322 e. The van der Waals surface area contributed by atoms with Crippen LogP contribution in [0.4, 0.5) is 0 Å². The molecule has 2 N–H and O–H groups in total. The number of nitrogens with one attached hydrogen (secondary N) is 1. The molecular weight excluding hydrogens is 610 g/mol. The minimum Gasteiger partial charge on any atom is -0.480 e. The van der Waals surface area contributed by atoms with Crippen LogP contribution in [0.5, 0.6) is 0 Å². The van der Waals surface area contributed by atoms with E-state index >= 15 is 0 Å². The van der Waals surface area contributed by atoms with Gasteiger partial charge in [0.1, 0.15) is 12.6 Å². The molecule has 1 atom stereocenters. The second-order valence-corrected chi connectivity index (χ2v) is 13.9. The number of esters is 1. The summed E-state index contributed by atoms with van der Waals surface area (Å²) in [6, 6.07) is 0. The highest BCUT2D eigenvalue weighted by Gasteiger charge is 2.12. The van der Waals surface area contributed by atoms with Crippen molar-refractivity contribution in [1.29, 1.82) is 0 Å². The van der Waals surface area contributed by atoms with Crippen LogP contribution in [0.25, 0.3) is 0 Å². The monoisotopic (exact) mass is 688 g/mol. The zero-order valence-corrected chi connectivity index (χ0v) is 32.0. The second kappa shape index (κ2) is 38.4. The third-order valence-electron chi connectivity index (χ3n) is 9.06. The first-order valence-corrected chi connectivity index (χ1v) is 20.6. The molecule has 0 heterocycles. The van der Waals surface area contributed by atoms with Crippen molar-refractivity contribution in [3.8, 4) is 0 Å². The Balaban J connectivity index is 4.00. The molecule has 49 heavy (non-hydrogen) atoms. The third kappa shape index (κ3) is 38.3. The topological polar surface area (TPSA) is 92.7 Å². The van der Waals surface area contributed by atoms with E-state index in [1.807, 2.05) is 6.08 Å². The van der Waals surface area contributed by atoms with Gasteiger partial charge in [-0.2, -0.15) is 0 Å². The van der Waals surface area contributed by atoms with E-state index in [0.717, 1.165) is 64.2 Å². The van der Waals surface area contributed by atoms with Crippen molar-refractivity contribution in [2.75, 3.05) is 6.54 Å². The summed E-state index contributed by atoms with van der Waals surface area (Å²) in [4.78, 5) is 34.9. The molecule has 284 valence electrons. The number of allylic oxidation sites excluding steroid dienone is 5. The number of rotatable bonds is 37. The molecule has 0 aliphatic carbocycles. The molecule has 0 aliphatic heterocycles. The highest BCUT2D eigenvalue weighted by molar-refractivity contribution is 5.80. The van der Waals surface area contributed by atoms with E-state index < -0.39 is 5.97 Å². The van der Waals surface area contributed by atoms with Crippen molar-refractivity contribution < 1.29 is 24.2 Å². The minimum absolute atomic E-state index is 0.104. The van der Waals surface area contributed by atoms with Gasteiger partial charge in [-0.25, -0.2) is 0 Å². The van der Waals surface area contributed by atoms with Crippen LogP contribution in [-0.4, -0.2) is 35.6 Å². The summed E-state index contributed by atoms with van der Waals surface area (Å²) in [5.41, 5.74) is 0. The Bertz CT molecular complexity index is 849. The molecule has 0 radical (unpaired) electrons. The minimum atomic E-state index is -1.03. The van der Waals surface area contributed by atoms with Crippen LogP contribution < -0.4 is 5.32 Å². The van der Waals surface area contributed by atoms with E-state index in [4.69, 9.17) is 9.84 Å². The van der Waals surface area contributed by atoms with E-state index in [0.29, 0.717) is 12.8 Å². The van der Waals surface area contributed by atoms with Crippen LogP contribution in [0.15, 0.2) is 36.5 Å². The molecular formula is C43H77NO5. The number of hydrogen-bond acceptors (Lipinski definition) is 4. The largest absolute Gasteiger partial charge is 0.480 e. The highest BCUT2D eigenvalue weighted by atomic mass is 16.5. The first-order chi connectivity index (χ1) is 24.0. The lowest BCUT2D eigenvalue weighted by molar-refractivity contribution is -0.147. The molecule has 0 aromatic carbocycles. The fourth-order valence-corrected chi connectivity index (χ4v) is 6.04. The van der Waals surface area contributed by atoms with Crippen molar-refractivity contribution >= 4 is 17.8 Å². The van der Waals surface area contributed by atoms with Gasteiger partial charge in [0, 0.05) is 12.8 Å². The van der Waals surface area contributed by atoms with Gasteiger partial charge >= 0.3 is 11.9 Å². The number of hydrogen-bond donors (Lipinski definition) is 2. The molecule has 6 nitrogen and oxygen atoms in total. The molecule has 0 spiro atoms. The number of unbranched alkanes of at least 4 members (excludes halogenated alkanes) is 22. The van der Waals surface area contributed by atoms with Gasteiger partial charge in [-0.1, -0.05) is 179 Å². The summed E-state index contributed by atoms with van der Waals surface area (Å²) in [6.07, 6.45) is 47.3. The van der Waals surface area contributed by atoms with Crippen LogP contribution in [-0.2, 0) is 19.1 Å². The predicted octanol–water partition coefficient (Wildman–Crippen LogP) is 12.5. The lowest BCUT2D eigenvalue weighted by Crippen LogP contribution is -2.28. The van der Waals surface area contributed by atoms with Gasteiger partial charge in [-0.3, -0.25) is 14.4 Å². The summed E-state index contributed by atoms with van der Waals surface area (Å²) in [5.74, 6) is -1.36. The van der Waals surface area contributed by atoms with Gasteiger partial charge < -0.3 is 15.2 Å². The molecule has 0 aromatic heterocycles. The fourth-order valence-electron chi connectivity index (χ4n) is 6.04. The van der Waals surface area contributed by atoms with Gasteiger partial charge in [0.2, 0.25) is 5.91 Å². The number of carboxylic acid groups (broad SMARTS) is 1. The highest BCUT2D eigenvalue weighted by Crippen LogP contribution is 2.16. The maximum atomic E-state index is 12.6. The molecule has 0 saturated carbocycles. The van der Waals surface area contributed by atoms with Crippen LogP contribution >= 0.6 is 0 Å². The smallest absolute Gasteiger partial charge is 0.322 e. The Morgan fingerprint density at radius 2 is 0.980 bits per heavy atom. The summed E-state index contributed by atoms with van der Waals surface area (Å²) >= 11 is 0. The zero-order chi connectivity index (χ0) is 35.9. The van der Waals surface area contributed by atoms with Gasteiger partial charge in [-0.15, -0.1) is 0 Å². The second-order valence-electron chi connectivity index (χ2n) is 13.9. The summed E-state index contributed by atoms with van der Waals surface area (Å²) in [7, 11) is 0. The Morgan fingerprint density at radius 3 is 1.47 bits per heavy atom. The molecule has 0 aliphatic rings. The first-order valence-electron chi connectivity index (χ1n) is 20.6. The molecule has 6 heteroatoms. The summed E-state index contributed by atoms with van der Waals surface area (Å²) in [5, 5.41) is 11.1. The SMILES string of the molecule is CC/C=C\C/C=C\C/C=C\C(CCCCCCC(=O)NCC(=O)O)OC(=O)CCCCCCCCCCCCCCCCCCCCCC. The van der Waals surface area contributed by atoms with Crippen LogP contribution in [0.2, 0.25) is 0 Å². The quantitative estimate of drug-likeness (QED) is 0.0385. The molecule has 0 bridgehead atoms. The standard InChI is InChI=1S/C43H77NO5/c1-3-5-7-9-11-13-14-15-16-17-18-19-20-21-22-23-24-26-28-34-38-43(48)49-40(35-31-27-25-12-10-8-6-4-2)36-32-29-30-33-37-41(45)44-39-42(46)47/h6,8,12,25,31,35,40H,3-5,7,9-11,13-24,26-30,32-34,36-39H2,1-2H3,(H,44,45)(H,46,47)/b8-6-,25-12-,35-31-. The third-order valence-corrected chi connectivity index (χ3v) is 9.06. The van der Waals surface area contributed by atoms with Crippen molar-refractivity contribution in [2.45, 2.75) is 213 Å². The summed E-state index contributed by atoms with van der Waals surface area (Å²) in [6.45, 7) is 4.09. The number of ether oxygens (including phenoxy) is 1. The zero-order valence-electron chi connectivity index (χ0n) is 32.0. The number of carboxylic acids is 1. The van der Waals surface area contributed by atoms with Gasteiger partial charge in [0.15, 0.2) is 0 Å². The lowest BCUT2D eigenvalue weighted by Gasteiger charge is -2.14. The van der Waals surface area contributed by atoms with Crippen molar-refractivity contribution in [1.82, 2.24) is 5.32 Å². The predicted molar refractivity (Wildman–Crippen MR) is 208 cm³/mol. The van der Waals surface area contributed by atoms with E-state index in [2.05, 4.69) is 49.5 Å². The number of carbonyl (C=O) groups is 3. The van der Waals surface area contributed by atoms with E-state index in [1.165, 1.54) is 116 Å². The molecule has 0 saturated heterocycles. The first kappa shape index (κ1) is 46.6. The van der Waals surface area contributed by atoms with E-state index in [-0.39, 0.29) is 24.5 Å². The van der Waals surface area contributed by atoms with Crippen LogP contribution in [0.1, 0.15) is 206 Å². The number of carbonyl (C=O) groups excluding carboxylic acids is 2. The molecule has 0 rings (SSSR count). The normalized spacial score (nSPS) is 12.4. The van der Waals surface area contributed by atoms with E-state index in [9.17, 15) is 14.4 Å². The van der Waals surface area contributed by atoms with Gasteiger partial charge in [0.05, 0.1) is 0 Å². The average Bonchev–Trinajstić information content (AvgIpc) is 3.08. The molecule has 1 unspecified atom stereocenters. The molecule has 1 amide bonds. The Hall–Kier alpha value is -2.37. The average molecular weight is 688 g/mol. The maximum absolute atomic E-state index is 12.6. The summed E-state index contributed by atoms with van der Waals surface area (Å²) < 4.78 is 5.87. The van der Waals surface area contributed by atoms with E-state index in [1.54, 1.807) is 0 Å². The molecule has 0 aromatic rings. The van der Waals surface area contributed by atoms with Crippen LogP contribution in [0.3, 0.4) is 0 Å². The van der Waals surface area contributed by atoms with Crippen LogP contribution in [0, 0.1) is 0 Å². The number of amides is 1. The Morgan fingerprint density at radius 1 is 0.551 bits per heavy atom. The number of aliphatic carboxylic acids is 1. The molecule has 0 fully saturated rings. The van der Waals surface area contributed by atoms with Crippen molar-refractivity contribution in [3.05, 3.63) is 36.5 Å². The van der Waals surface area contributed by atoms with Gasteiger partial charge in [0.25, 0.3) is 0 Å². The Labute approximate surface area is 302 Å². The lowest BCUT2D eigenvalue weighted by atomic mass is 10.0. The van der Waals surface area contributed by atoms with Gasteiger partial charge in [-0.05, 0) is 51.0 Å². The van der Waals surface area contributed by atoms with Crippen molar-refractivity contribution in [3.63, 3.8) is 0 Å². The Kier molecular flexibility index (Phi) is 36.6.